The van der Waals surface area contributed by atoms with Crippen LogP contribution >= 0.6 is 0 Å². The van der Waals surface area contributed by atoms with Gasteiger partial charge in [-0.25, -0.2) is 5.84 Å². The molecule has 4 fully saturated rings. The molecule has 4 bridgehead atoms. The van der Waals surface area contributed by atoms with E-state index in [1.54, 1.807) is 0 Å². The summed E-state index contributed by atoms with van der Waals surface area (Å²) in [7, 11) is 2.03. The molecule has 4 aliphatic carbocycles. The van der Waals surface area contributed by atoms with Crippen molar-refractivity contribution in [3.8, 4) is 0 Å². The van der Waals surface area contributed by atoms with Crippen LogP contribution in [0.2, 0.25) is 0 Å². The number of nitrogens with two attached hydrogens (primary N) is 1. The molecular formula is C13H21N5. The molecule has 1 aromatic heterocycles. The highest BCUT2D eigenvalue weighted by atomic mass is 15.4. The van der Waals surface area contributed by atoms with Crippen molar-refractivity contribution in [3.63, 3.8) is 0 Å². The normalized spacial score (nSPS) is 41.3. The fourth-order valence-electron chi connectivity index (χ4n) is 5.30. The number of nitrogen functional groups attached to an aromatic ring is 1. The summed E-state index contributed by atoms with van der Waals surface area (Å²) in [5, 5.41) is 8.62. The number of hydrogen-bond acceptors (Lipinski definition) is 4. The van der Waals surface area contributed by atoms with Gasteiger partial charge in [-0.2, -0.15) is 0 Å². The first-order valence-electron chi connectivity index (χ1n) is 7.07. The zero-order chi connectivity index (χ0) is 12.3. The summed E-state index contributed by atoms with van der Waals surface area (Å²) in [6.07, 6.45) is 8.32. The van der Waals surface area contributed by atoms with Gasteiger partial charge >= 0.3 is 0 Å². The van der Waals surface area contributed by atoms with Gasteiger partial charge in [-0.15, -0.1) is 10.2 Å². The van der Waals surface area contributed by atoms with Gasteiger partial charge in [-0.1, -0.05) is 0 Å². The molecule has 0 unspecified atom stereocenters. The Morgan fingerprint density at radius 3 is 2.11 bits per heavy atom. The molecule has 0 radical (unpaired) electrons. The van der Waals surface area contributed by atoms with Gasteiger partial charge in [0.25, 0.3) is 0 Å². The highest BCUT2D eigenvalue weighted by Crippen LogP contribution is 2.60. The van der Waals surface area contributed by atoms with Gasteiger partial charge in [0.15, 0.2) is 0 Å². The lowest BCUT2D eigenvalue weighted by Gasteiger charge is -2.56. The Labute approximate surface area is 107 Å². The molecule has 0 aliphatic heterocycles. The van der Waals surface area contributed by atoms with E-state index in [-0.39, 0.29) is 0 Å². The van der Waals surface area contributed by atoms with Crippen LogP contribution in [0.3, 0.4) is 0 Å². The van der Waals surface area contributed by atoms with E-state index in [1.165, 1.54) is 38.5 Å². The Balaban J connectivity index is 1.76. The van der Waals surface area contributed by atoms with Crippen molar-refractivity contribution < 1.29 is 0 Å². The maximum Gasteiger partial charge on any atom is 0.238 e. The zero-order valence-electron chi connectivity index (χ0n) is 10.9. The van der Waals surface area contributed by atoms with Gasteiger partial charge in [-0.3, -0.25) is 9.99 Å². The van der Waals surface area contributed by atoms with Crippen LogP contribution in [-0.4, -0.2) is 14.8 Å². The smallest absolute Gasteiger partial charge is 0.238 e. The third kappa shape index (κ3) is 1.31. The molecule has 1 heterocycles. The van der Waals surface area contributed by atoms with Crippen molar-refractivity contribution >= 4 is 5.95 Å². The number of nitrogens with one attached hydrogen (secondary N) is 1. The Hall–Kier alpha value is -1.10. The van der Waals surface area contributed by atoms with Crippen LogP contribution in [0.4, 0.5) is 5.95 Å². The van der Waals surface area contributed by atoms with Crippen molar-refractivity contribution in [1.29, 1.82) is 0 Å². The number of aromatic nitrogens is 3. The number of anilines is 1. The molecule has 0 amide bonds. The average molecular weight is 247 g/mol. The SMILES string of the molecule is Cn1c(NN)nnc1C12CC3CC(CC(C3)C1)C2. The lowest BCUT2D eigenvalue weighted by Crippen LogP contribution is -2.49. The summed E-state index contributed by atoms with van der Waals surface area (Å²) < 4.78 is 2.06. The first kappa shape index (κ1) is 10.8. The summed E-state index contributed by atoms with van der Waals surface area (Å²) in [5.41, 5.74) is 2.93. The standard InChI is InChI=1S/C13H21N5/c1-18-11(16-17-12(18)15-14)13-5-8-2-9(6-13)4-10(3-8)7-13/h8-10H,2-7,14H2,1H3,(H,15,17). The first-order valence-corrected chi connectivity index (χ1v) is 7.07. The lowest BCUT2D eigenvalue weighted by atomic mass is 9.49. The minimum absolute atomic E-state index is 0.297. The second-order valence-electron chi connectivity index (χ2n) is 6.75. The van der Waals surface area contributed by atoms with Crippen molar-refractivity contribution in [2.24, 2.45) is 30.6 Å². The van der Waals surface area contributed by atoms with E-state index in [4.69, 9.17) is 5.84 Å². The van der Waals surface area contributed by atoms with Gasteiger partial charge in [0.2, 0.25) is 5.95 Å². The molecule has 1 aromatic rings. The van der Waals surface area contributed by atoms with Gasteiger partial charge in [0.05, 0.1) is 0 Å². The molecule has 4 aliphatic rings. The Bertz CT molecular complexity index is 442. The highest BCUT2D eigenvalue weighted by molar-refractivity contribution is 5.28. The fraction of sp³-hybridized carbons (Fsp3) is 0.846. The monoisotopic (exact) mass is 247 g/mol. The Kier molecular flexibility index (Phi) is 2.08. The lowest BCUT2D eigenvalue weighted by molar-refractivity contribution is -0.0107. The second kappa shape index (κ2) is 3.47. The second-order valence-corrected chi connectivity index (χ2v) is 6.75. The maximum absolute atomic E-state index is 5.48. The topological polar surface area (TPSA) is 68.8 Å². The first-order chi connectivity index (χ1) is 8.70. The number of nitrogens with zero attached hydrogens (tertiary/aromatic N) is 3. The van der Waals surface area contributed by atoms with Gasteiger partial charge in [0, 0.05) is 12.5 Å². The minimum Gasteiger partial charge on any atom is -0.299 e. The van der Waals surface area contributed by atoms with Crippen LogP contribution in [0.15, 0.2) is 0 Å². The zero-order valence-corrected chi connectivity index (χ0v) is 10.9. The summed E-state index contributed by atoms with van der Waals surface area (Å²) >= 11 is 0. The van der Waals surface area contributed by atoms with Crippen LogP contribution in [-0.2, 0) is 12.5 Å². The number of rotatable bonds is 2. The van der Waals surface area contributed by atoms with E-state index >= 15 is 0 Å². The molecule has 5 rings (SSSR count). The number of hydrogen-bond donors (Lipinski definition) is 2. The summed E-state index contributed by atoms with van der Waals surface area (Å²) in [6, 6.07) is 0. The van der Waals surface area contributed by atoms with Crippen LogP contribution in [0, 0.1) is 17.8 Å². The highest BCUT2D eigenvalue weighted by Gasteiger charge is 2.53. The van der Waals surface area contributed by atoms with Gasteiger partial charge in [-0.05, 0) is 56.3 Å². The Morgan fingerprint density at radius 2 is 1.67 bits per heavy atom. The average Bonchev–Trinajstić information content (AvgIpc) is 2.69. The van der Waals surface area contributed by atoms with E-state index in [2.05, 4.69) is 20.2 Å². The third-order valence-corrected chi connectivity index (χ3v) is 5.52. The third-order valence-electron chi connectivity index (χ3n) is 5.52. The van der Waals surface area contributed by atoms with Crippen molar-refractivity contribution in [1.82, 2.24) is 14.8 Å². The van der Waals surface area contributed by atoms with E-state index in [0.29, 0.717) is 11.4 Å². The van der Waals surface area contributed by atoms with Gasteiger partial charge < -0.3 is 0 Å². The van der Waals surface area contributed by atoms with Crippen LogP contribution < -0.4 is 11.3 Å². The molecule has 0 aromatic carbocycles. The van der Waals surface area contributed by atoms with Crippen LogP contribution in [0.25, 0.3) is 0 Å². The van der Waals surface area contributed by atoms with Crippen LogP contribution in [0.5, 0.6) is 0 Å². The number of hydrazine groups is 1. The molecule has 5 heteroatoms. The predicted molar refractivity (Wildman–Crippen MR) is 68.7 cm³/mol. The molecule has 4 saturated carbocycles. The van der Waals surface area contributed by atoms with Crippen molar-refractivity contribution in [3.05, 3.63) is 5.82 Å². The molecule has 98 valence electrons. The fourth-order valence-corrected chi connectivity index (χ4v) is 5.30. The van der Waals surface area contributed by atoms with E-state index in [9.17, 15) is 0 Å². The van der Waals surface area contributed by atoms with E-state index < -0.39 is 0 Å². The molecule has 0 spiro atoms. The molecule has 5 nitrogen and oxygen atoms in total. The predicted octanol–water partition coefficient (Wildman–Crippen LogP) is 1.57. The quantitative estimate of drug-likeness (QED) is 0.615. The van der Waals surface area contributed by atoms with Crippen LogP contribution in [0.1, 0.15) is 44.3 Å². The molecular weight excluding hydrogens is 226 g/mol. The Morgan fingerprint density at radius 1 is 1.11 bits per heavy atom. The maximum atomic E-state index is 5.48. The minimum atomic E-state index is 0.297. The molecule has 0 atom stereocenters. The van der Waals surface area contributed by atoms with E-state index in [0.717, 1.165) is 23.6 Å². The summed E-state index contributed by atoms with van der Waals surface area (Å²) in [4.78, 5) is 0. The van der Waals surface area contributed by atoms with Gasteiger partial charge in [0.1, 0.15) is 5.82 Å². The van der Waals surface area contributed by atoms with E-state index in [1.807, 2.05) is 7.05 Å². The molecule has 18 heavy (non-hydrogen) atoms. The summed E-state index contributed by atoms with van der Waals surface area (Å²) in [5.74, 6) is 10.1. The summed E-state index contributed by atoms with van der Waals surface area (Å²) in [6.45, 7) is 0. The molecule has 3 N–H and O–H groups in total. The molecule has 0 saturated heterocycles. The van der Waals surface area contributed by atoms with Crippen molar-refractivity contribution in [2.45, 2.75) is 43.9 Å². The van der Waals surface area contributed by atoms with Crippen molar-refractivity contribution in [2.75, 3.05) is 5.43 Å². The largest absolute Gasteiger partial charge is 0.299 e.